The van der Waals surface area contributed by atoms with Gasteiger partial charge < -0.3 is 11.1 Å². The normalized spacial score (nSPS) is 10.5. The molecule has 0 spiro atoms. The summed E-state index contributed by atoms with van der Waals surface area (Å²) in [6.07, 6.45) is 1.56. The van der Waals surface area contributed by atoms with Crippen LogP contribution in [0.4, 0.5) is 10.2 Å². The summed E-state index contributed by atoms with van der Waals surface area (Å²) < 4.78 is 15.5. The maximum Gasteiger partial charge on any atom is 0.254 e. The van der Waals surface area contributed by atoms with Crippen molar-refractivity contribution in [3.63, 3.8) is 0 Å². The Labute approximate surface area is 117 Å². The lowest BCUT2D eigenvalue weighted by molar-refractivity contribution is 0.0947. The van der Waals surface area contributed by atoms with E-state index in [0.717, 1.165) is 0 Å². The second kappa shape index (κ2) is 5.40. The zero-order valence-corrected chi connectivity index (χ0v) is 11.7. The summed E-state index contributed by atoms with van der Waals surface area (Å²) in [7, 11) is 1.70. The molecule has 1 aromatic heterocycles. The highest BCUT2D eigenvalue weighted by Gasteiger charge is 2.14. The van der Waals surface area contributed by atoms with Crippen molar-refractivity contribution in [1.82, 2.24) is 15.1 Å². The number of nitrogens with two attached hydrogens (primary N) is 1. The topological polar surface area (TPSA) is 72.9 Å². The molecule has 7 heteroatoms. The average Bonchev–Trinajstić information content (AvgIpc) is 2.70. The van der Waals surface area contributed by atoms with Crippen LogP contribution in [-0.4, -0.2) is 15.7 Å². The minimum atomic E-state index is -0.584. The van der Waals surface area contributed by atoms with Gasteiger partial charge in [0.15, 0.2) is 0 Å². The molecule has 1 amide bonds. The van der Waals surface area contributed by atoms with Crippen LogP contribution >= 0.6 is 15.9 Å². The number of nitrogens with zero attached hydrogens (tertiary/aromatic N) is 2. The van der Waals surface area contributed by atoms with Crippen molar-refractivity contribution in [2.75, 3.05) is 5.73 Å². The molecule has 19 heavy (non-hydrogen) atoms. The smallest absolute Gasteiger partial charge is 0.254 e. The highest BCUT2D eigenvalue weighted by atomic mass is 79.9. The zero-order valence-electron chi connectivity index (χ0n) is 10.2. The first-order valence-corrected chi connectivity index (χ1v) is 6.28. The number of hydrogen-bond acceptors (Lipinski definition) is 3. The summed E-state index contributed by atoms with van der Waals surface area (Å²) in [6, 6.07) is 4.55. The molecule has 0 atom stereocenters. The highest BCUT2D eigenvalue weighted by molar-refractivity contribution is 9.10. The SMILES string of the molecule is Cn1ncc(CNC(=O)c2cccc(Br)c2F)c1N. The van der Waals surface area contributed by atoms with Crippen LogP contribution in [0, 0.1) is 5.82 Å². The fourth-order valence-electron chi connectivity index (χ4n) is 1.58. The molecule has 0 aliphatic carbocycles. The molecule has 2 rings (SSSR count). The third-order valence-electron chi connectivity index (χ3n) is 2.70. The molecular weight excluding hydrogens is 315 g/mol. The molecule has 3 N–H and O–H groups in total. The van der Waals surface area contributed by atoms with E-state index in [1.807, 2.05) is 0 Å². The maximum atomic E-state index is 13.7. The van der Waals surface area contributed by atoms with Gasteiger partial charge in [0.1, 0.15) is 11.6 Å². The Morgan fingerprint density at radius 1 is 1.58 bits per heavy atom. The van der Waals surface area contributed by atoms with Crippen molar-refractivity contribution in [3.8, 4) is 0 Å². The van der Waals surface area contributed by atoms with E-state index < -0.39 is 11.7 Å². The van der Waals surface area contributed by atoms with Gasteiger partial charge in [-0.05, 0) is 28.1 Å². The zero-order chi connectivity index (χ0) is 14.0. The highest BCUT2D eigenvalue weighted by Crippen LogP contribution is 2.18. The Morgan fingerprint density at radius 2 is 2.32 bits per heavy atom. The quantitative estimate of drug-likeness (QED) is 0.903. The number of nitrogen functional groups attached to an aromatic ring is 1. The number of halogens is 2. The van der Waals surface area contributed by atoms with Gasteiger partial charge in [-0.15, -0.1) is 0 Å². The van der Waals surface area contributed by atoms with Gasteiger partial charge in [0.2, 0.25) is 0 Å². The number of aryl methyl sites for hydroxylation is 1. The predicted molar refractivity (Wildman–Crippen MR) is 72.9 cm³/mol. The summed E-state index contributed by atoms with van der Waals surface area (Å²) >= 11 is 3.04. The summed E-state index contributed by atoms with van der Waals surface area (Å²) in [5, 5.41) is 6.56. The summed E-state index contributed by atoms with van der Waals surface area (Å²) in [5.74, 6) is -0.615. The fraction of sp³-hybridized carbons (Fsp3) is 0.167. The van der Waals surface area contributed by atoms with E-state index in [9.17, 15) is 9.18 Å². The summed E-state index contributed by atoms with van der Waals surface area (Å²) in [4.78, 5) is 11.9. The second-order valence-corrected chi connectivity index (χ2v) is 4.82. The van der Waals surface area contributed by atoms with Gasteiger partial charge in [0.25, 0.3) is 5.91 Å². The Balaban J connectivity index is 2.10. The molecule has 0 radical (unpaired) electrons. The Bertz CT molecular complexity index is 626. The first kappa shape index (κ1) is 13.5. The van der Waals surface area contributed by atoms with Crippen molar-refractivity contribution in [2.24, 2.45) is 7.05 Å². The number of hydrogen-bond donors (Lipinski definition) is 2. The molecule has 0 fully saturated rings. The van der Waals surface area contributed by atoms with E-state index in [1.54, 1.807) is 19.3 Å². The lowest BCUT2D eigenvalue weighted by Gasteiger charge is -2.06. The molecule has 0 bridgehead atoms. The van der Waals surface area contributed by atoms with Gasteiger partial charge in [-0.1, -0.05) is 6.07 Å². The number of anilines is 1. The van der Waals surface area contributed by atoms with Crippen LogP contribution in [0.25, 0.3) is 0 Å². The Kier molecular flexibility index (Phi) is 3.84. The van der Waals surface area contributed by atoms with Crippen molar-refractivity contribution in [2.45, 2.75) is 6.54 Å². The number of benzene rings is 1. The van der Waals surface area contributed by atoms with E-state index in [1.165, 1.54) is 16.8 Å². The number of carbonyl (C=O) groups excluding carboxylic acids is 1. The van der Waals surface area contributed by atoms with Gasteiger partial charge in [0.05, 0.1) is 16.2 Å². The van der Waals surface area contributed by atoms with Crippen LogP contribution < -0.4 is 11.1 Å². The predicted octanol–water partition coefficient (Wildman–Crippen LogP) is 1.83. The Morgan fingerprint density at radius 3 is 2.95 bits per heavy atom. The van der Waals surface area contributed by atoms with Crippen molar-refractivity contribution >= 4 is 27.7 Å². The minimum Gasteiger partial charge on any atom is -0.384 e. The molecule has 0 aliphatic heterocycles. The largest absolute Gasteiger partial charge is 0.384 e. The van der Waals surface area contributed by atoms with Crippen molar-refractivity contribution < 1.29 is 9.18 Å². The van der Waals surface area contributed by atoms with E-state index in [-0.39, 0.29) is 16.6 Å². The number of aromatic nitrogens is 2. The third-order valence-corrected chi connectivity index (χ3v) is 3.31. The molecule has 1 aromatic carbocycles. The van der Waals surface area contributed by atoms with Crippen molar-refractivity contribution in [3.05, 3.63) is 45.8 Å². The molecule has 0 saturated heterocycles. The van der Waals surface area contributed by atoms with E-state index in [0.29, 0.717) is 11.4 Å². The first-order valence-electron chi connectivity index (χ1n) is 5.49. The molecule has 100 valence electrons. The first-order chi connectivity index (χ1) is 9.00. The molecule has 0 aliphatic rings. The molecule has 1 heterocycles. The van der Waals surface area contributed by atoms with Crippen LogP contribution in [0.3, 0.4) is 0 Å². The molecule has 5 nitrogen and oxygen atoms in total. The molecular formula is C12H12BrFN4O. The number of amides is 1. The molecule has 0 unspecified atom stereocenters. The average molecular weight is 327 g/mol. The second-order valence-electron chi connectivity index (χ2n) is 3.96. The summed E-state index contributed by atoms with van der Waals surface area (Å²) in [5.41, 5.74) is 6.42. The van der Waals surface area contributed by atoms with Crippen LogP contribution in [0.1, 0.15) is 15.9 Å². The van der Waals surface area contributed by atoms with Gasteiger partial charge in [-0.25, -0.2) is 4.39 Å². The van der Waals surface area contributed by atoms with Crippen LogP contribution in [0.15, 0.2) is 28.9 Å². The van der Waals surface area contributed by atoms with Gasteiger partial charge in [0, 0.05) is 19.2 Å². The van der Waals surface area contributed by atoms with E-state index >= 15 is 0 Å². The van der Waals surface area contributed by atoms with Crippen LogP contribution in [0.2, 0.25) is 0 Å². The fourth-order valence-corrected chi connectivity index (χ4v) is 1.94. The number of carbonyl (C=O) groups is 1. The van der Waals surface area contributed by atoms with Crippen LogP contribution in [-0.2, 0) is 13.6 Å². The van der Waals surface area contributed by atoms with Gasteiger partial charge in [-0.3, -0.25) is 9.48 Å². The number of rotatable bonds is 3. The van der Waals surface area contributed by atoms with Gasteiger partial charge >= 0.3 is 0 Å². The van der Waals surface area contributed by atoms with Crippen LogP contribution in [0.5, 0.6) is 0 Å². The lowest BCUT2D eigenvalue weighted by atomic mass is 10.2. The monoisotopic (exact) mass is 326 g/mol. The van der Waals surface area contributed by atoms with E-state index in [2.05, 4.69) is 26.3 Å². The van der Waals surface area contributed by atoms with E-state index in [4.69, 9.17) is 5.73 Å². The van der Waals surface area contributed by atoms with Gasteiger partial charge in [-0.2, -0.15) is 5.10 Å². The Hall–Kier alpha value is -1.89. The lowest BCUT2D eigenvalue weighted by Crippen LogP contribution is -2.24. The third kappa shape index (κ3) is 2.76. The van der Waals surface area contributed by atoms with Crippen molar-refractivity contribution in [1.29, 1.82) is 0 Å². The summed E-state index contributed by atoms with van der Waals surface area (Å²) in [6.45, 7) is 0.199. The molecule has 2 aromatic rings. The standard InChI is InChI=1S/C12H12BrFN4O/c1-18-11(15)7(6-17-18)5-16-12(19)8-3-2-4-9(13)10(8)14/h2-4,6H,5,15H2,1H3,(H,16,19). The molecule has 0 saturated carbocycles. The minimum absolute atomic E-state index is 0.0168. The maximum absolute atomic E-state index is 13.7. The number of nitrogens with one attached hydrogen (secondary N) is 1.